The molecule has 0 bridgehead atoms. The first kappa shape index (κ1) is 13.1. The van der Waals surface area contributed by atoms with Gasteiger partial charge < -0.3 is 10.5 Å². The Bertz CT molecular complexity index is 653. The Morgan fingerprint density at radius 1 is 1.47 bits per heavy atom. The number of halogens is 2. The molecule has 0 aliphatic carbocycles. The second-order valence-corrected chi connectivity index (χ2v) is 4.21. The van der Waals surface area contributed by atoms with Crippen LogP contribution in [0.4, 0.5) is 15.9 Å². The topological polar surface area (TPSA) is 104 Å². The molecule has 98 valence electrons. The van der Waals surface area contributed by atoms with Gasteiger partial charge in [-0.2, -0.15) is 4.98 Å². The largest absolute Gasteiger partial charge is 0.417 e. The number of nitrogen functional groups attached to an aromatic ring is 1. The van der Waals surface area contributed by atoms with Crippen molar-refractivity contribution >= 4 is 27.4 Å². The molecule has 2 aromatic rings. The highest BCUT2D eigenvalue weighted by atomic mass is 79.9. The third kappa shape index (κ3) is 2.94. The molecular weight excluding hydrogens is 323 g/mol. The van der Waals surface area contributed by atoms with Gasteiger partial charge in [0.15, 0.2) is 0 Å². The van der Waals surface area contributed by atoms with Crippen LogP contribution in [0.5, 0.6) is 11.8 Å². The van der Waals surface area contributed by atoms with E-state index in [2.05, 4.69) is 25.9 Å². The Morgan fingerprint density at radius 3 is 2.84 bits per heavy atom. The molecule has 19 heavy (non-hydrogen) atoms. The first-order valence-corrected chi connectivity index (χ1v) is 5.66. The van der Waals surface area contributed by atoms with Crippen molar-refractivity contribution in [3.63, 3.8) is 0 Å². The number of hydrogen-bond acceptors (Lipinski definition) is 6. The summed E-state index contributed by atoms with van der Waals surface area (Å²) < 4.78 is 18.4. The zero-order valence-corrected chi connectivity index (χ0v) is 10.8. The highest BCUT2D eigenvalue weighted by Crippen LogP contribution is 2.34. The van der Waals surface area contributed by atoms with Crippen LogP contribution in [0.3, 0.4) is 0 Å². The Morgan fingerprint density at radius 2 is 2.21 bits per heavy atom. The van der Waals surface area contributed by atoms with Gasteiger partial charge in [0.1, 0.15) is 11.6 Å². The number of ether oxygens (including phenoxy) is 1. The molecule has 1 aromatic carbocycles. The lowest BCUT2D eigenvalue weighted by Crippen LogP contribution is -1.99. The van der Waals surface area contributed by atoms with E-state index in [-0.39, 0.29) is 22.1 Å². The zero-order valence-electron chi connectivity index (χ0n) is 9.21. The van der Waals surface area contributed by atoms with Crippen molar-refractivity contribution in [3.05, 3.63) is 44.8 Å². The molecule has 0 saturated heterocycles. The van der Waals surface area contributed by atoms with E-state index in [1.54, 1.807) is 0 Å². The molecule has 0 aliphatic heterocycles. The van der Waals surface area contributed by atoms with E-state index >= 15 is 0 Å². The standard InChI is InChI=1S/C10H6BrFN4O3/c11-5-3-7(16(17)18)8(4-6(5)12)19-10-14-2-1-9(13)15-10/h1-4H,(H2,13,14,15). The first-order chi connectivity index (χ1) is 8.97. The Kier molecular flexibility index (Phi) is 3.56. The second-order valence-electron chi connectivity index (χ2n) is 3.36. The number of benzene rings is 1. The van der Waals surface area contributed by atoms with E-state index in [0.717, 1.165) is 12.1 Å². The molecule has 7 nitrogen and oxygen atoms in total. The Labute approximate surface area is 114 Å². The van der Waals surface area contributed by atoms with Crippen molar-refractivity contribution in [1.82, 2.24) is 9.97 Å². The average molecular weight is 329 g/mol. The minimum Gasteiger partial charge on any atom is -0.417 e. The van der Waals surface area contributed by atoms with Gasteiger partial charge in [-0.25, -0.2) is 9.37 Å². The molecule has 0 saturated carbocycles. The summed E-state index contributed by atoms with van der Waals surface area (Å²) in [5.41, 5.74) is 5.00. The third-order valence-electron chi connectivity index (χ3n) is 2.05. The zero-order chi connectivity index (χ0) is 14.0. The van der Waals surface area contributed by atoms with Crippen molar-refractivity contribution in [2.24, 2.45) is 0 Å². The van der Waals surface area contributed by atoms with Crippen LogP contribution in [-0.4, -0.2) is 14.9 Å². The highest BCUT2D eigenvalue weighted by Gasteiger charge is 2.20. The molecule has 2 rings (SSSR count). The summed E-state index contributed by atoms with van der Waals surface area (Å²) in [4.78, 5) is 17.6. The van der Waals surface area contributed by atoms with E-state index in [1.807, 2.05) is 0 Å². The number of nitrogens with zero attached hydrogens (tertiary/aromatic N) is 3. The fourth-order valence-corrected chi connectivity index (χ4v) is 1.58. The number of nitro benzene ring substituents is 1. The summed E-state index contributed by atoms with van der Waals surface area (Å²) in [7, 11) is 0. The van der Waals surface area contributed by atoms with Crippen LogP contribution >= 0.6 is 15.9 Å². The number of nitrogens with two attached hydrogens (primary N) is 1. The SMILES string of the molecule is Nc1ccnc(Oc2cc(F)c(Br)cc2[N+](=O)[O-])n1. The first-order valence-electron chi connectivity index (χ1n) is 4.87. The normalized spacial score (nSPS) is 10.2. The van der Waals surface area contributed by atoms with Crippen molar-refractivity contribution < 1.29 is 14.1 Å². The van der Waals surface area contributed by atoms with E-state index < -0.39 is 16.4 Å². The van der Waals surface area contributed by atoms with Crippen LogP contribution in [0.2, 0.25) is 0 Å². The minimum absolute atomic E-state index is 0.0416. The van der Waals surface area contributed by atoms with Gasteiger partial charge in [0, 0.05) is 18.3 Å². The maximum absolute atomic E-state index is 13.4. The van der Waals surface area contributed by atoms with Gasteiger partial charge in [0.2, 0.25) is 5.75 Å². The van der Waals surface area contributed by atoms with E-state index in [1.165, 1.54) is 12.3 Å². The number of aromatic nitrogens is 2. The summed E-state index contributed by atoms with van der Waals surface area (Å²) in [6.45, 7) is 0. The minimum atomic E-state index is -0.704. The fraction of sp³-hybridized carbons (Fsp3) is 0. The third-order valence-corrected chi connectivity index (χ3v) is 2.66. The lowest BCUT2D eigenvalue weighted by molar-refractivity contribution is -0.385. The Balaban J connectivity index is 2.44. The molecule has 9 heteroatoms. The summed E-state index contributed by atoms with van der Waals surface area (Å²) in [6.07, 6.45) is 1.32. The van der Waals surface area contributed by atoms with Crippen LogP contribution in [0.1, 0.15) is 0 Å². The monoisotopic (exact) mass is 328 g/mol. The van der Waals surface area contributed by atoms with Crippen LogP contribution in [0.15, 0.2) is 28.9 Å². The number of anilines is 1. The quantitative estimate of drug-likeness (QED) is 0.686. The van der Waals surface area contributed by atoms with Gasteiger partial charge in [0.05, 0.1) is 9.40 Å². The molecule has 1 aromatic heterocycles. The predicted molar refractivity (Wildman–Crippen MR) is 67.3 cm³/mol. The predicted octanol–water partition coefficient (Wildman–Crippen LogP) is 2.66. The number of nitro groups is 1. The summed E-state index contributed by atoms with van der Waals surface area (Å²) in [6, 6.07) is 3.08. The van der Waals surface area contributed by atoms with Gasteiger partial charge in [-0.1, -0.05) is 0 Å². The molecule has 1 heterocycles. The summed E-state index contributed by atoms with van der Waals surface area (Å²) >= 11 is 2.86. The van der Waals surface area contributed by atoms with Crippen LogP contribution < -0.4 is 10.5 Å². The van der Waals surface area contributed by atoms with Gasteiger partial charge in [0.25, 0.3) is 0 Å². The average Bonchev–Trinajstić information content (AvgIpc) is 2.33. The number of rotatable bonds is 3. The van der Waals surface area contributed by atoms with Crippen LogP contribution in [0.25, 0.3) is 0 Å². The van der Waals surface area contributed by atoms with Gasteiger partial charge >= 0.3 is 11.7 Å². The molecule has 0 spiro atoms. The van der Waals surface area contributed by atoms with Gasteiger partial charge in [-0.15, -0.1) is 0 Å². The molecule has 0 amide bonds. The molecule has 0 radical (unpaired) electrons. The molecule has 0 fully saturated rings. The summed E-state index contributed by atoms with van der Waals surface area (Å²) in [5.74, 6) is -0.883. The maximum atomic E-state index is 13.4. The second kappa shape index (κ2) is 5.14. The van der Waals surface area contributed by atoms with E-state index in [9.17, 15) is 14.5 Å². The van der Waals surface area contributed by atoms with Crippen molar-refractivity contribution in [2.45, 2.75) is 0 Å². The van der Waals surface area contributed by atoms with Crippen molar-refractivity contribution in [1.29, 1.82) is 0 Å². The smallest absolute Gasteiger partial charge is 0.324 e. The van der Waals surface area contributed by atoms with Crippen molar-refractivity contribution in [2.75, 3.05) is 5.73 Å². The van der Waals surface area contributed by atoms with Crippen LogP contribution in [0, 0.1) is 15.9 Å². The molecule has 0 unspecified atom stereocenters. The van der Waals surface area contributed by atoms with E-state index in [0.29, 0.717) is 0 Å². The Hall–Kier alpha value is -2.29. The van der Waals surface area contributed by atoms with Crippen molar-refractivity contribution in [3.8, 4) is 11.8 Å². The molecular formula is C10H6BrFN4O3. The lowest BCUT2D eigenvalue weighted by atomic mass is 10.3. The van der Waals surface area contributed by atoms with E-state index in [4.69, 9.17) is 10.5 Å². The molecule has 2 N–H and O–H groups in total. The van der Waals surface area contributed by atoms with Gasteiger partial charge in [-0.3, -0.25) is 10.1 Å². The van der Waals surface area contributed by atoms with Gasteiger partial charge in [-0.05, 0) is 22.0 Å². The van der Waals surface area contributed by atoms with Crippen LogP contribution in [-0.2, 0) is 0 Å². The maximum Gasteiger partial charge on any atom is 0.324 e. The molecule has 0 atom stereocenters. The summed E-state index contributed by atoms with van der Waals surface area (Å²) in [5, 5.41) is 10.9. The highest BCUT2D eigenvalue weighted by molar-refractivity contribution is 9.10. The molecule has 0 aliphatic rings. The number of hydrogen-bond donors (Lipinski definition) is 1. The fourth-order valence-electron chi connectivity index (χ4n) is 1.24. The lowest BCUT2D eigenvalue weighted by Gasteiger charge is -2.05.